The molecule has 1 rings (SSSR count). The van der Waals surface area contributed by atoms with E-state index in [0.29, 0.717) is 12.8 Å². The minimum absolute atomic E-state index is 0.0235. The molecular weight excluding hydrogens is 220 g/mol. The number of amides is 2. The molecule has 1 saturated heterocycles. The van der Waals surface area contributed by atoms with Crippen LogP contribution in [0.15, 0.2) is 0 Å². The molecule has 0 bridgehead atoms. The van der Waals surface area contributed by atoms with E-state index < -0.39 is 6.10 Å². The van der Waals surface area contributed by atoms with Crippen molar-refractivity contribution < 1.29 is 14.7 Å². The predicted molar refractivity (Wildman–Crippen MR) is 64.4 cm³/mol. The van der Waals surface area contributed by atoms with Gasteiger partial charge in [-0.2, -0.15) is 0 Å². The summed E-state index contributed by atoms with van der Waals surface area (Å²) in [6, 6.07) is 0. The van der Waals surface area contributed by atoms with Crippen LogP contribution in [-0.2, 0) is 9.59 Å². The summed E-state index contributed by atoms with van der Waals surface area (Å²) < 4.78 is 0. The van der Waals surface area contributed by atoms with Gasteiger partial charge in [0.05, 0.1) is 12.6 Å². The predicted octanol–water partition coefficient (Wildman–Crippen LogP) is 0.228. The maximum absolute atomic E-state index is 11.8. The van der Waals surface area contributed by atoms with Crippen molar-refractivity contribution in [1.29, 1.82) is 0 Å². The molecule has 0 saturated carbocycles. The van der Waals surface area contributed by atoms with Crippen molar-refractivity contribution in [2.75, 3.05) is 26.7 Å². The fraction of sp³-hybridized carbons (Fsp3) is 0.833. The molecule has 0 aromatic heterocycles. The van der Waals surface area contributed by atoms with Gasteiger partial charge in [-0.05, 0) is 26.2 Å². The normalized spacial score (nSPS) is 17.0. The number of aliphatic hydroxyl groups is 1. The number of likely N-dealkylation sites (tertiary alicyclic amines) is 1. The fourth-order valence-corrected chi connectivity index (χ4v) is 1.88. The van der Waals surface area contributed by atoms with Gasteiger partial charge in [-0.1, -0.05) is 0 Å². The van der Waals surface area contributed by atoms with Gasteiger partial charge in [0.1, 0.15) is 0 Å². The van der Waals surface area contributed by atoms with Gasteiger partial charge in [0.25, 0.3) is 0 Å². The van der Waals surface area contributed by atoms with Gasteiger partial charge >= 0.3 is 0 Å². The summed E-state index contributed by atoms with van der Waals surface area (Å²) in [6.45, 7) is 3.43. The van der Waals surface area contributed by atoms with Gasteiger partial charge < -0.3 is 14.9 Å². The second kappa shape index (κ2) is 6.59. The van der Waals surface area contributed by atoms with Crippen LogP contribution in [0.1, 0.15) is 32.6 Å². The van der Waals surface area contributed by atoms with Crippen LogP contribution in [0.3, 0.4) is 0 Å². The van der Waals surface area contributed by atoms with Crippen LogP contribution in [-0.4, -0.2) is 59.5 Å². The lowest BCUT2D eigenvalue weighted by Crippen LogP contribution is -2.39. The average molecular weight is 242 g/mol. The molecule has 1 aliphatic heterocycles. The molecule has 98 valence electrons. The minimum Gasteiger partial charge on any atom is -0.393 e. The zero-order chi connectivity index (χ0) is 12.8. The van der Waals surface area contributed by atoms with E-state index in [2.05, 4.69) is 0 Å². The van der Waals surface area contributed by atoms with Crippen LogP contribution >= 0.6 is 0 Å². The summed E-state index contributed by atoms with van der Waals surface area (Å²) in [5.41, 5.74) is 0. The van der Waals surface area contributed by atoms with E-state index in [9.17, 15) is 9.59 Å². The van der Waals surface area contributed by atoms with Crippen molar-refractivity contribution >= 4 is 11.8 Å². The monoisotopic (exact) mass is 242 g/mol. The van der Waals surface area contributed by atoms with Gasteiger partial charge in [0.2, 0.25) is 11.8 Å². The van der Waals surface area contributed by atoms with Gasteiger partial charge in [0.15, 0.2) is 0 Å². The second-order valence-electron chi connectivity index (χ2n) is 4.73. The third-order valence-electron chi connectivity index (χ3n) is 3.03. The highest BCUT2D eigenvalue weighted by Crippen LogP contribution is 2.08. The topological polar surface area (TPSA) is 60.9 Å². The number of carbonyl (C=O) groups is 2. The van der Waals surface area contributed by atoms with Gasteiger partial charge in [0, 0.05) is 26.6 Å². The summed E-state index contributed by atoms with van der Waals surface area (Å²) in [4.78, 5) is 26.7. The van der Waals surface area contributed by atoms with Crippen molar-refractivity contribution in [1.82, 2.24) is 9.80 Å². The first-order chi connectivity index (χ1) is 8.00. The van der Waals surface area contributed by atoms with Crippen LogP contribution < -0.4 is 0 Å². The van der Waals surface area contributed by atoms with Crippen molar-refractivity contribution in [3.63, 3.8) is 0 Å². The van der Waals surface area contributed by atoms with Crippen LogP contribution in [0.25, 0.3) is 0 Å². The standard InChI is InChI=1S/C12H22N2O3/c1-10(15)5-6-11(16)13(2)9-12(17)14-7-3-4-8-14/h10,15H,3-9H2,1-2H3. The Hall–Kier alpha value is -1.10. The third-order valence-corrected chi connectivity index (χ3v) is 3.03. The highest BCUT2D eigenvalue weighted by molar-refractivity contribution is 5.84. The first-order valence-electron chi connectivity index (χ1n) is 6.20. The summed E-state index contributed by atoms with van der Waals surface area (Å²) in [6.07, 6.45) is 2.39. The van der Waals surface area contributed by atoms with Crippen molar-refractivity contribution in [2.24, 2.45) is 0 Å². The summed E-state index contributed by atoms with van der Waals surface area (Å²) >= 11 is 0. The lowest BCUT2D eigenvalue weighted by atomic mass is 10.2. The Morgan fingerprint density at radius 3 is 2.47 bits per heavy atom. The maximum Gasteiger partial charge on any atom is 0.242 e. The lowest BCUT2D eigenvalue weighted by molar-refractivity contribution is -0.139. The Morgan fingerprint density at radius 1 is 1.35 bits per heavy atom. The van der Waals surface area contributed by atoms with E-state index in [1.807, 2.05) is 0 Å². The average Bonchev–Trinajstić information content (AvgIpc) is 2.78. The van der Waals surface area contributed by atoms with Crippen molar-refractivity contribution in [3.8, 4) is 0 Å². The van der Waals surface area contributed by atoms with Crippen LogP contribution in [0.4, 0.5) is 0 Å². The molecule has 0 aromatic carbocycles. The number of aliphatic hydroxyl groups excluding tert-OH is 1. The fourth-order valence-electron chi connectivity index (χ4n) is 1.88. The van der Waals surface area contributed by atoms with E-state index in [4.69, 9.17) is 5.11 Å². The molecule has 5 nitrogen and oxygen atoms in total. The minimum atomic E-state index is -0.471. The molecule has 5 heteroatoms. The smallest absolute Gasteiger partial charge is 0.242 e. The van der Waals surface area contributed by atoms with E-state index >= 15 is 0 Å². The summed E-state index contributed by atoms with van der Waals surface area (Å²) in [7, 11) is 1.64. The zero-order valence-corrected chi connectivity index (χ0v) is 10.7. The number of rotatable bonds is 5. The first kappa shape index (κ1) is 14.0. The first-order valence-corrected chi connectivity index (χ1v) is 6.20. The van der Waals surface area contributed by atoms with E-state index in [1.54, 1.807) is 18.9 Å². The van der Waals surface area contributed by atoms with Crippen LogP contribution in [0.5, 0.6) is 0 Å². The maximum atomic E-state index is 11.8. The van der Waals surface area contributed by atoms with Gasteiger partial charge in [-0.25, -0.2) is 0 Å². The highest BCUT2D eigenvalue weighted by Gasteiger charge is 2.20. The lowest BCUT2D eigenvalue weighted by Gasteiger charge is -2.21. The zero-order valence-electron chi connectivity index (χ0n) is 10.7. The summed E-state index contributed by atoms with van der Waals surface area (Å²) in [5.74, 6) is -0.0613. The van der Waals surface area contributed by atoms with E-state index in [1.165, 1.54) is 4.90 Å². The number of carbonyl (C=O) groups excluding carboxylic acids is 2. The quantitative estimate of drug-likeness (QED) is 0.750. The SMILES string of the molecule is CC(O)CCC(=O)N(C)CC(=O)N1CCCC1. The van der Waals surface area contributed by atoms with Crippen molar-refractivity contribution in [2.45, 2.75) is 38.7 Å². The Balaban J connectivity index is 2.29. The van der Waals surface area contributed by atoms with E-state index in [0.717, 1.165) is 25.9 Å². The molecule has 1 atom stereocenters. The number of hydrogen-bond donors (Lipinski definition) is 1. The van der Waals surface area contributed by atoms with Crippen LogP contribution in [0.2, 0.25) is 0 Å². The molecule has 1 unspecified atom stereocenters. The molecule has 0 radical (unpaired) electrons. The number of hydrogen-bond acceptors (Lipinski definition) is 3. The molecule has 0 aromatic rings. The molecule has 0 aliphatic carbocycles. The molecule has 0 spiro atoms. The van der Waals surface area contributed by atoms with Crippen molar-refractivity contribution in [3.05, 3.63) is 0 Å². The molecule has 2 amide bonds. The molecular formula is C12H22N2O3. The Labute approximate surface area is 102 Å². The Morgan fingerprint density at radius 2 is 1.94 bits per heavy atom. The molecule has 1 N–H and O–H groups in total. The summed E-state index contributed by atoms with van der Waals surface area (Å²) in [5, 5.41) is 9.09. The number of nitrogens with zero attached hydrogens (tertiary/aromatic N) is 2. The molecule has 1 aliphatic rings. The van der Waals surface area contributed by atoms with Gasteiger partial charge in [-0.3, -0.25) is 9.59 Å². The largest absolute Gasteiger partial charge is 0.393 e. The molecule has 1 fully saturated rings. The third kappa shape index (κ3) is 4.73. The van der Waals surface area contributed by atoms with Crippen LogP contribution in [0, 0.1) is 0 Å². The number of likely N-dealkylation sites (N-methyl/N-ethyl adjacent to an activating group) is 1. The Kier molecular flexibility index (Phi) is 5.41. The van der Waals surface area contributed by atoms with E-state index in [-0.39, 0.29) is 18.4 Å². The second-order valence-corrected chi connectivity index (χ2v) is 4.73. The molecule has 17 heavy (non-hydrogen) atoms. The van der Waals surface area contributed by atoms with Gasteiger partial charge in [-0.15, -0.1) is 0 Å². The highest BCUT2D eigenvalue weighted by atomic mass is 16.3. The molecule has 1 heterocycles. The Bertz CT molecular complexity index is 273.